The Morgan fingerprint density at radius 1 is 1.06 bits per heavy atom. The van der Waals surface area contributed by atoms with E-state index in [2.05, 4.69) is 34.0 Å². The standard InChI is InChI=1S/C26H21F2N5O/c1-25(2)16-6-9-26(25,20-8-11-30-24(31-20)14-7-10-29-21(34)12-14)23-15(16)13-19(32-33-23)22-17(27)4-3-5-18(22)28/h3-5,7-8,10-13,16H,6,9H2,1-2H3,(H,29,34)/t16-,26+/m0/s1. The number of hydrogen-bond donors (Lipinski definition) is 1. The van der Waals surface area contributed by atoms with Crippen LogP contribution in [0.1, 0.15) is 49.6 Å². The van der Waals surface area contributed by atoms with E-state index in [0.717, 1.165) is 29.8 Å². The van der Waals surface area contributed by atoms with Crippen LogP contribution in [0.4, 0.5) is 8.78 Å². The third-order valence-corrected chi connectivity index (χ3v) is 7.73. The van der Waals surface area contributed by atoms with E-state index in [0.29, 0.717) is 11.4 Å². The molecule has 0 amide bonds. The average Bonchev–Trinajstić information content (AvgIpc) is 3.20. The SMILES string of the molecule is CC1(C)[C@H]2CC[C@@]1(c1ccnc(-c3cc[nH]c(=O)c3)n1)c1nnc(-c3c(F)cccc3F)cc12. The minimum Gasteiger partial charge on any atom is -0.329 e. The molecule has 34 heavy (non-hydrogen) atoms. The summed E-state index contributed by atoms with van der Waals surface area (Å²) in [6.45, 7) is 4.37. The number of benzene rings is 1. The maximum Gasteiger partial charge on any atom is 0.248 e. The summed E-state index contributed by atoms with van der Waals surface area (Å²) < 4.78 is 28.9. The van der Waals surface area contributed by atoms with Gasteiger partial charge in [-0.15, -0.1) is 5.10 Å². The molecule has 2 aliphatic carbocycles. The number of halogens is 2. The summed E-state index contributed by atoms with van der Waals surface area (Å²) in [5.41, 5.74) is 2.22. The first-order valence-electron chi connectivity index (χ1n) is 11.2. The predicted octanol–water partition coefficient (Wildman–Crippen LogP) is 4.77. The quantitative estimate of drug-likeness (QED) is 0.479. The molecular formula is C26H21F2N5O. The van der Waals surface area contributed by atoms with Crippen molar-refractivity contribution in [3.05, 3.63) is 93.8 Å². The lowest BCUT2D eigenvalue weighted by Gasteiger charge is -2.37. The first-order valence-corrected chi connectivity index (χ1v) is 11.2. The van der Waals surface area contributed by atoms with Crippen molar-refractivity contribution in [3.8, 4) is 22.6 Å². The largest absolute Gasteiger partial charge is 0.329 e. The molecule has 170 valence electrons. The third-order valence-electron chi connectivity index (χ3n) is 7.73. The average molecular weight is 457 g/mol. The molecule has 1 aromatic carbocycles. The number of aromatic nitrogens is 5. The normalized spacial score (nSPS) is 22.1. The highest BCUT2D eigenvalue weighted by Gasteiger charge is 2.65. The van der Waals surface area contributed by atoms with Crippen LogP contribution in [0.15, 0.2) is 59.7 Å². The van der Waals surface area contributed by atoms with Crippen LogP contribution in [0.5, 0.6) is 0 Å². The fourth-order valence-electron chi connectivity index (χ4n) is 6.08. The molecule has 6 nitrogen and oxygen atoms in total. The molecule has 1 saturated carbocycles. The summed E-state index contributed by atoms with van der Waals surface area (Å²) in [5.74, 6) is -0.720. The van der Waals surface area contributed by atoms with Crippen LogP contribution in [0.25, 0.3) is 22.6 Å². The lowest BCUT2D eigenvalue weighted by Crippen LogP contribution is -2.38. The van der Waals surface area contributed by atoms with Gasteiger partial charge in [0.15, 0.2) is 5.82 Å². The van der Waals surface area contributed by atoms with Gasteiger partial charge in [-0.3, -0.25) is 4.79 Å². The van der Waals surface area contributed by atoms with Crippen molar-refractivity contribution in [1.82, 2.24) is 25.1 Å². The monoisotopic (exact) mass is 457 g/mol. The maximum atomic E-state index is 14.5. The van der Waals surface area contributed by atoms with Crippen LogP contribution in [0.3, 0.4) is 0 Å². The van der Waals surface area contributed by atoms with Gasteiger partial charge in [0.25, 0.3) is 0 Å². The van der Waals surface area contributed by atoms with Gasteiger partial charge in [-0.1, -0.05) is 19.9 Å². The van der Waals surface area contributed by atoms with E-state index < -0.39 is 17.0 Å². The van der Waals surface area contributed by atoms with E-state index in [1.165, 1.54) is 24.3 Å². The van der Waals surface area contributed by atoms with E-state index in [1.54, 1.807) is 24.5 Å². The second kappa shape index (κ2) is 7.09. The number of H-pyrrole nitrogens is 1. The van der Waals surface area contributed by atoms with Gasteiger partial charge in [-0.05, 0) is 60.1 Å². The van der Waals surface area contributed by atoms with E-state index in [4.69, 9.17) is 4.98 Å². The van der Waals surface area contributed by atoms with Crippen molar-refractivity contribution in [3.63, 3.8) is 0 Å². The summed E-state index contributed by atoms with van der Waals surface area (Å²) >= 11 is 0. The Bertz CT molecular complexity index is 1500. The molecule has 4 aromatic rings. The molecule has 3 aromatic heterocycles. The molecule has 0 spiro atoms. The summed E-state index contributed by atoms with van der Waals surface area (Å²) in [4.78, 5) is 23.7. The number of nitrogens with zero attached hydrogens (tertiary/aromatic N) is 4. The molecule has 1 N–H and O–H groups in total. The van der Waals surface area contributed by atoms with E-state index in [1.807, 2.05) is 6.07 Å². The van der Waals surface area contributed by atoms with Crippen molar-refractivity contribution >= 4 is 0 Å². The van der Waals surface area contributed by atoms with Crippen LogP contribution >= 0.6 is 0 Å². The van der Waals surface area contributed by atoms with Gasteiger partial charge in [0.1, 0.15) is 11.6 Å². The van der Waals surface area contributed by atoms with Crippen LogP contribution < -0.4 is 5.56 Å². The second-order valence-electron chi connectivity index (χ2n) is 9.56. The molecule has 8 heteroatoms. The zero-order chi connectivity index (χ0) is 23.7. The first-order chi connectivity index (χ1) is 16.3. The summed E-state index contributed by atoms with van der Waals surface area (Å²) in [6.07, 6.45) is 4.99. The number of pyridine rings is 1. The topological polar surface area (TPSA) is 84.4 Å². The molecule has 0 radical (unpaired) electrons. The molecule has 1 fully saturated rings. The Morgan fingerprint density at radius 2 is 1.85 bits per heavy atom. The second-order valence-corrected chi connectivity index (χ2v) is 9.56. The Balaban J connectivity index is 1.53. The lowest BCUT2D eigenvalue weighted by atomic mass is 9.66. The third kappa shape index (κ3) is 2.68. The van der Waals surface area contributed by atoms with Crippen LogP contribution in [-0.4, -0.2) is 25.1 Å². The molecule has 0 saturated heterocycles. The summed E-state index contributed by atoms with van der Waals surface area (Å²) in [7, 11) is 0. The van der Waals surface area contributed by atoms with Crippen LogP contribution in [0, 0.1) is 17.0 Å². The van der Waals surface area contributed by atoms with Gasteiger partial charge in [-0.25, -0.2) is 18.7 Å². The molecule has 2 bridgehead atoms. The number of hydrogen-bond acceptors (Lipinski definition) is 5. The van der Waals surface area contributed by atoms with Gasteiger partial charge in [0.05, 0.1) is 28.1 Å². The maximum absolute atomic E-state index is 14.5. The van der Waals surface area contributed by atoms with Gasteiger partial charge in [0.2, 0.25) is 5.56 Å². The smallest absolute Gasteiger partial charge is 0.248 e. The number of nitrogens with one attached hydrogen (secondary N) is 1. The highest BCUT2D eigenvalue weighted by Crippen LogP contribution is 2.69. The summed E-state index contributed by atoms with van der Waals surface area (Å²) in [6, 6.07) is 10.7. The predicted molar refractivity (Wildman–Crippen MR) is 122 cm³/mol. The zero-order valence-electron chi connectivity index (χ0n) is 18.6. The van der Waals surface area contributed by atoms with Crippen molar-refractivity contribution < 1.29 is 8.78 Å². The van der Waals surface area contributed by atoms with Gasteiger partial charge in [0, 0.05) is 24.0 Å². The molecule has 2 aliphatic rings. The molecule has 6 rings (SSSR count). The highest BCUT2D eigenvalue weighted by atomic mass is 19.1. The number of fused-ring (bicyclic) bond motifs is 5. The van der Waals surface area contributed by atoms with E-state index in [9.17, 15) is 13.6 Å². The Kier molecular flexibility index (Phi) is 4.33. The van der Waals surface area contributed by atoms with Crippen molar-refractivity contribution in [2.75, 3.05) is 0 Å². The fourth-order valence-corrected chi connectivity index (χ4v) is 6.08. The molecule has 3 heterocycles. The number of rotatable bonds is 3. The fraction of sp³-hybridized carbons (Fsp3) is 0.269. The number of aromatic amines is 1. The zero-order valence-corrected chi connectivity index (χ0v) is 18.6. The molecule has 2 atom stereocenters. The van der Waals surface area contributed by atoms with Crippen LogP contribution in [-0.2, 0) is 5.41 Å². The lowest BCUT2D eigenvalue weighted by molar-refractivity contribution is 0.243. The van der Waals surface area contributed by atoms with Crippen LogP contribution in [0.2, 0.25) is 0 Å². The van der Waals surface area contributed by atoms with E-state index in [-0.39, 0.29) is 28.1 Å². The Labute approximate surface area is 194 Å². The minimum atomic E-state index is -0.662. The van der Waals surface area contributed by atoms with Gasteiger partial charge < -0.3 is 4.98 Å². The molecular weight excluding hydrogens is 436 g/mol. The first kappa shape index (κ1) is 20.8. The van der Waals surface area contributed by atoms with E-state index >= 15 is 0 Å². The van der Waals surface area contributed by atoms with Gasteiger partial charge >= 0.3 is 0 Å². The molecule has 0 aliphatic heterocycles. The Hall–Kier alpha value is -3.81. The minimum absolute atomic E-state index is 0.143. The van der Waals surface area contributed by atoms with Gasteiger partial charge in [-0.2, -0.15) is 5.10 Å². The molecule has 0 unspecified atom stereocenters. The van der Waals surface area contributed by atoms with Crippen molar-refractivity contribution in [2.45, 2.75) is 38.0 Å². The van der Waals surface area contributed by atoms with Crippen molar-refractivity contribution in [2.24, 2.45) is 5.41 Å². The summed E-state index contributed by atoms with van der Waals surface area (Å²) in [5, 5.41) is 8.83. The van der Waals surface area contributed by atoms with Crippen molar-refractivity contribution in [1.29, 1.82) is 0 Å². The Morgan fingerprint density at radius 3 is 2.62 bits per heavy atom. The highest BCUT2D eigenvalue weighted by molar-refractivity contribution is 5.64.